The fraction of sp³-hybridized carbons (Fsp3) is 0.312. The molecule has 0 saturated carbocycles. The molecule has 0 atom stereocenters. The number of aryl methyl sites for hydroxylation is 1. The normalized spacial score (nSPS) is 10.6. The van der Waals surface area contributed by atoms with E-state index in [2.05, 4.69) is 10.3 Å². The number of pyridine rings is 1. The molecule has 1 aromatic heterocycles. The van der Waals surface area contributed by atoms with Gasteiger partial charge in [0.15, 0.2) is 0 Å². The molecule has 0 saturated heterocycles. The van der Waals surface area contributed by atoms with Gasteiger partial charge in [0.05, 0.1) is 6.61 Å². The van der Waals surface area contributed by atoms with Crippen LogP contribution >= 0.6 is 0 Å². The van der Waals surface area contributed by atoms with Crippen LogP contribution in [0.3, 0.4) is 0 Å². The highest BCUT2D eigenvalue weighted by atomic mass is 19.1. The van der Waals surface area contributed by atoms with E-state index >= 15 is 0 Å². The molecule has 0 spiro atoms. The molecule has 1 N–H and O–H groups in total. The Morgan fingerprint density at radius 2 is 2.14 bits per heavy atom. The Balaban J connectivity index is 1.98. The molecule has 2 aromatic rings. The van der Waals surface area contributed by atoms with Gasteiger partial charge in [0, 0.05) is 38.0 Å². The molecule has 1 aromatic carbocycles. The van der Waals surface area contributed by atoms with E-state index in [9.17, 15) is 4.39 Å². The van der Waals surface area contributed by atoms with Gasteiger partial charge in [0.1, 0.15) is 11.6 Å². The Kier molecular flexibility index (Phi) is 5.66. The van der Waals surface area contributed by atoms with Gasteiger partial charge in [0.2, 0.25) is 5.88 Å². The molecule has 5 heteroatoms. The molecule has 0 amide bonds. The molecule has 0 radical (unpaired) electrons. The van der Waals surface area contributed by atoms with Crippen molar-refractivity contribution in [3.05, 3.63) is 53.5 Å². The summed E-state index contributed by atoms with van der Waals surface area (Å²) in [7, 11) is 1.67. The molecular formula is C16H19FN2O2. The smallest absolute Gasteiger partial charge is 0.222 e. The summed E-state index contributed by atoms with van der Waals surface area (Å²) >= 11 is 0. The van der Waals surface area contributed by atoms with Crippen molar-refractivity contribution in [3.63, 3.8) is 0 Å². The summed E-state index contributed by atoms with van der Waals surface area (Å²) in [5.41, 5.74) is 1.97. The molecule has 2 rings (SSSR count). The SMILES string of the molecule is COCCNCc1cnc(Oc2cccc(F)c2)c(C)c1. The van der Waals surface area contributed by atoms with Crippen molar-refractivity contribution >= 4 is 0 Å². The lowest BCUT2D eigenvalue weighted by Crippen LogP contribution is -2.18. The lowest BCUT2D eigenvalue weighted by Gasteiger charge is -2.10. The average Bonchev–Trinajstić information content (AvgIpc) is 2.46. The summed E-state index contributed by atoms with van der Waals surface area (Å²) < 4.78 is 23.7. The monoisotopic (exact) mass is 290 g/mol. The van der Waals surface area contributed by atoms with Crippen LogP contribution in [0.4, 0.5) is 4.39 Å². The number of ether oxygens (including phenoxy) is 2. The Morgan fingerprint density at radius 3 is 2.86 bits per heavy atom. The number of halogens is 1. The zero-order valence-corrected chi connectivity index (χ0v) is 12.2. The van der Waals surface area contributed by atoms with Crippen molar-refractivity contribution < 1.29 is 13.9 Å². The predicted molar refractivity (Wildman–Crippen MR) is 79.0 cm³/mol. The number of hydrogen-bond donors (Lipinski definition) is 1. The first-order chi connectivity index (χ1) is 10.2. The van der Waals surface area contributed by atoms with Gasteiger partial charge in [-0.05, 0) is 30.7 Å². The first kappa shape index (κ1) is 15.4. The minimum atomic E-state index is -0.330. The number of methoxy groups -OCH3 is 1. The average molecular weight is 290 g/mol. The van der Waals surface area contributed by atoms with Gasteiger partial charge in [-0.25, -0.2) is 9.37 Å². The maximum atomic E-state index is 13.1. The Hall–Kier alpha value is -1.98. The fourth-order valence-corrected chi connectivity index (χ4v) is 1.87. The highest BCUT2D eigenvalue weighted by molar-refractivity contribution is 5.33. The number of benzene rings is 1. The molecule has 0 bridgehead atoms. The maximum Gasteiger partial charge on any atom is 0.222 e. The summed E-state index contributed by atoms with van der Waals surface area (Å²) in [5.74, 6) is 0.599. The standard InChI is InChI=1S/C16H19FN2O2/c1-12-8-13(10-18-6-7-20-2)11-19-16(12)21-15-5-3-4-14(17)9-15/h3-5,8-9,11,18H,6-7,10H2,1-2H3. The number of rotatable bonds is 7. The van der Waals surface area contributed by atoms with Crippen molar-refractivity contribution in [1.29, 1.82) is 0 Å². The first-order valence-electron chi connectivity index (χ1n) is 6.77. The van der Waals surface area contributed by atoms with Crippen molar-refractivity contribution in [1.82, 2.24) is 10.3 Å². The lowest BCUT2D eigenvalue weighted by atomic mass is 10.2. The third kappa shape index (κ3) is 4.81. The molecule has 0 aliphatic heterocycles. The summed E-state index contributed by atoms with van der Waals surface area (Å²) in [5, 5.41) is 3.25. The molecule has 0 aliphatic rings. The third-order valence-electron chi connectivity index (χ3n) is 2.91. The summed E-state index contributed by atoms with van der Waals surface area (Å²) in [4.78, 5) is 4.29. The predicted octanol–water partition coefficient (Wildman–Crippen LogP) is 3.06. The number of aromatic nitrogens is 1. The van der Waals surface area contributed by atoms with Crippen LogP contribution in [0.2, 0.25) is 0 Å². The Morgan fingerprint density at radius 1 is 1.29 bits per heavy atom. The van der Waals surface area contributed by atoms with Crippen LogP contribution in [0, 0.1) is 12.7 Å². The van der Waals surface area contributed by atoms with Gasteiger partial charge in [0.25, 0.3) is 0 Å². The van der Waals surface area contributed by atoms with Crippen LogP contribution in [-0.2, 0) is 11.3 Å². The zero-order chi connectivity index (χ0) is 15.1. The molecule has 112 valence electrons. The molecule has 0 aliphatic carbocycles. The largest absolute Gasteiger partial charge is 0.439 e. The first-order valence-corrected chi connectivity index (χ1v) is 6.77. The minimum Gasteiger partial charge on any atom is -0.439 e. The van der Waals surface area contributed by atoms with Crippen LogP contribution in [0.25, 0.3) is 0 Å². The number of nitrogens with one attached hydrogen (secondary N) is 1. The zero-order valence-electron chi connectivity index (χ0n) is 12.2. The Labute approximate surface area is 123 Å². The molecule has 1 heterocycles. The van der Waals surface area contributed by atoms with Gasteiger partial charge in [-0.2, -0.15) is 0 Å². The van der Waals surface area contributed by atoms with Crippen LogP contribution < -0.4 is 10.1 Å². The van der Waals surface area contributed by atoms with E-state index in [4.69, 9.17) is 9.47 Å². The number of hydrogen-bond acceptors (Lipinski definition) is 4. The fourth-order valence-electron chi connectivity index (χ4n) is 1.87. The second kappa shape index (κ2) is 7.71. The molecular weight excluding hydrogens is 271 g/mol. The second-order valence-corrected chi connectivity index (χ2v) is 4.69. The van der Waals surface area contributed by atoms with Crippen LogP contribution in [0.5, 0.6) is 11.6 Å². The quantitative estimate of drug-likeness (QED) is 0.796. The van der Waals surface area contributed by atoms with Crippen molar-refractivity contribution in [2.45, 2.75) is 13.5 Å². The highest BCUT2D eigenvalue weighted by Crippen LogP contribution is 2.23. The Bertz CT molecular complexity index is 590. The van der Waals surface area contributed by atoms with Crippen LogP contribution in [0.15, 0.2) is 36.5 Å². The van der Waals surface area contributed by atoms with E-state index < -0.39 is 0 Å². The molecule has 4 nitrogen and oxygen atoms in total. The van der Waals surface area contributed by atoms with Crippen LogP contribution in [-0.4, -0.2) is 25.2 Å². The number of nitrogens with zero attached hydrogens (tertiary/aromatic N) is 1. The van der Waals surface area contributed by atoms with E-state index in [1.165, 1.54) is 12.1 Å². The van der Waals surface area contributed by atoms with Gasteiger partial charge in [-0.15, -0.1) is 0 Å². The van der Waals surface area contributed by atoms with E-state index in [0.29, 0.717) is 18.2 Å². The van der Waals surface area contributed by atoms with Crippen molar-refractivity contribution in [2.75, 3.05) is 20.3 Å². The second-order valence-electron chi connectivity index (χ2n) is 4.69. The maximum absolute atomic E-state index is 13.1. The topological polar surface area (TPSA) is 43.4 Å². The summed E-state index contributed by atoms with van der Waals surface area (Å²) in [6.45, 7) is 4.10. The van der Waals surface area contributed by atoms with Crippen LogP contribution in [0.1, 0.15) is 11.1 Å². The van der Waals surface area contributed by atoms with E-state index in [-0.39, 0.29) is 5.82 Å². The van der Waals surface area contributed by atoms with Gasteiger partial charge in [-0.1, -0.05) is 6.07 Å². The molecule has 21 heavy (non-hydrogen) atoms. The van der Waals surface area contributed by atoms with E-state index in [1.807, 2.05) is 13.0 Å². The third-order valence-corrected chi connectivity index (χ3v) is 2.91. The highest BCUT2D eigenvalue weighted by Gasteiger charge is 2.05. The van der Waals surface area contributed by atoms with Gasteiger partial charge >= 0.3 is 0 Å². The van der Waals surface area contributed by atoms with E-state index in [1.54, 1.807) is 25.4 Å². The van der Waals surface area contributed by atoms with Gasteiger partial charge < -0.3 is 14.8 Å². The molecule has 0 unspecified atom stereocenters. The summed E-state index contributed by atoms with van der Waals surface area (Å²) in [6, 6.07) is 8.02. The molecule has 0 fully saturated rings. The van der Waals surface area contributed by atoms with Crippen molar-refractivity contribution in [3.8, 4) is 11.6 Å². The summed E-state index contributed by atoms with van der Waals surface area (Å²) in [6.07, 6.45) is 1.75. The van der Waals surface area contributed by atoms with Gasteiger partial charge in [-0.3, -0.25) is 0 Å². The van der Waals surface area contributed by atoms with Crippen molar-refractivity contribution in [2.24, 2.45) is 0 Å². The lowest BCUT2D eigenvalue weighted by molar-refractivity contribution is 0.199. The van der Waals surface area contributed by atoms with E-state index in [0.717, 1.165) is 24.2 Å². The minimum absolute atomic E-state index is 0.330.